The zero-order valence-electron chi connectivity index (χ0n) is 11.3. The quantitative estimate of drug-likeness (QED) is 0.564. The molecule has 1 amide bonds. The number of carbonyl (C=O) groups is 2. The van der Waals surface area contributed by atoms with Crippen molar-refractivity contribution in [1.29, 1.82) is 0 Å². The highest BCUT2D eigenvalue weighted by Gasteiger charge is 2.47. The van der Waals surface area contributed by atoms with Crippen LogP contribution >= 0.6 is 0 Å². The van der Waals surface area contributed by atoms with Crippen LogP contribution in [-0.2, 0) is 9.59 Å². The van der Waals surface area contributed by atoms with E-state index in [-0.39, 0.29) is 6.04 Å². The standard InChI is InChI=1S/C15H22N2O2/c1-2-3-14-13-6-11(9-17(14)10-18)8-16-5-4-12(19)7-15(13)16/h2,10-11,13-15H,1,3-9H2/t11-,13+,14?,15?/m0/s1. The number of hydrogen-bond donors (Lipinski definition) is 0. The molecular formula is C15H22N2O2. The molecular weight excluding hydrogens is 240 g/mol. The number of ketones is 1. The number of fused-ring (bicyclic) bond motifs is 4. The van der Waals surface area contributed by atoms with Crippen LogP contribution in [0.5, 0.6) is 0 Å². The lowest BCUT2D eigenvalue weighted by molar-refractivity contribution is -0.136. The molecule has 0 radical (unpaired) electrons. The third-order valence-electron chi connectivity index (χ3n) is 5.11. The van der Waals surface area contributed by atoms with Crippen LogP contribution in [-0.4, -0.2) is 53.7 Å². The van der Waals surface area contributed by atoms with E-state index in [0.29, 0.717) is 36.5 Å². The number of rotatable bonds is 3. The molecule has 3 fully saturated rings. The fourth-order valence-corrected chi connectivity index (χ4v) is 4.32. The van der Waals surface area contributed by atoms with Crippen LogP contribution in [0, 0.1) is 11.8 Å². The molecule has 3 aliphatic rings. The SMILES string of the molecule is C=CCC1[C@H]2C[C@H](CN1C=O)CN1CCC(=O)CC21. The van der Waals surface area contributed by atoms with Gasteiger partial charge in [-0.1, -0.05) is 6.08 Å². The largest absolute Gasteiger partial charge is 0.341 e. The molecule has 3 heterocycles. The normalized spacial score (nSPS) is 38.7. The Morgan fingerprint density at radius 1 is 1.37 bits per heavy atom. The predicted molar refractivity (Wildman–Crippen MR) is 72.6 cm³/mol. The fraction of sp³-hybridized carbons (Fsp3) is 0.733. The highest BCUT2D eigenvalue weighted by Crippen LogP contribution is 2.40. The van der Waals surface area contributed by atoms with Crippen molar-refractivity contribution in [2.45, 2.75) is 37.8 Å². The van der Waals surface area contributed by atoms with Crippen LogP contribution in [0.1, 0.15) is 25.7 Å². The molecule has 0 spiro atoms. The van der Waals surface area contributed by atoms with Crippen LogP contribution < -0.4 is 0 Å². The van der Waals surface area contributed by atoms with E-state index in [1.807, 2.05) is 11.0 Å². The number of Topliss-reactive ketones (excluding diaryl/α,β-unsaturated/α-hetero) is 1. The zero-order valence-corrected chi connectivity index (χ0v) is 11.3. The third kappa shape index (κ3) is 2.22. The summed E-state index contributed by atoms with van der Waals surface area (Å²) in [6, 6.07) is 0.593. The van der Waals surface area contributed by atoms with Crippen molar-refractivity contribution < 1.29 is 9.59 Å². The first kappa shape index (κ1) is 12.9. The summed E-state index contributed by atoms with van der Waals surface area (Å²) >= 11 is 0. The lowest BCUT2D eigenvalue weighted by atomic mass is 9.71. The molecule has 3 aliphatic heterocycles. The van der Waals surface area contributed by atoms with Gasteiger partial charge in [-0.3, -0.25) is 14.5 Å². The molecule has 0 aromatic carbocycles. The van der Waals surface area contributed by atoms with E-state index in [1.54, 1.807) is 0 Å². The minimum absolute atomic E-state index is 0.241. The average molecular weight is 262 g/mol. The van der Waals surface area contributed by atoms with Crippen molar-refractivity contribution in [2.75, 3.05) is 19.6 Å². The van der Waals surface area contributed by atoms with Gasteiger partial charge in [-0.15, -0.1) is 6.58 Å². The molecule has 4 atom stereocenters. The van der Waals surface area contributed by atoms with Crippen molar-refractivity contribution >= 4 is 12.2 Å². The second kappa shape index (κ2) is 5.08. The van der Waals surface area contributed by atoms with Crippen LogP contribution in [0.4, 0.5) is 0 Å². The monoisotopic (exact) mass is 262 g/mol. The maximum Gasteiger partial charge on any atom is 0.209 e. The maximum atomic E-state index is 11.8. The van der Waals surface area contributed by atoms with Crippen LogP contribution in [0.2, 0.25) is 0 Å². The third-order valence-corrected chi connectivity index (χ3v) is 5.11. The van der Waals surface area contributed by atoms with E-state index in [1.165, 1.54) is 0 Å². The fourth-order valence-electron chi connectivity index (χ4n) is 4.32. The lowest BCUT2D eigenvalue weighted by Gasteiger charge is -2.55. The lowest BCUT2D eigenvalue weighted by Crippen LogP contribution is -2.63. The Hall–Kier alpha value is -1.16. The highest BCUT2D eigenvalue weighted by molar-refractivity contribution is 5.80. The van der Waals surface area contributed by atoms with E-state index in [4.69, 9.17) is 0 Å². The van der Waals surface area contributed by atoms with Gasteiger partial charge in [0.2, 0.25) is 6.41 Å². The van der Waals surface area contributed by atoms with Crippen LogP contribution in [0.25, 0.3) is 0 Å². The zero-order chi connectivity index (χ0) is 13.4. The van der Waals surface area contributed by atoms with Crippen molar-refractivity contribution in [2.24, 2.45) is 11.8 Å². The number of piperidine rings is 3. The van der Waals surface area contributed by atoms with Gasteiger partial charge in [0.1, 0.15) is 5.78 Å². The summed E-state index contributed by atoms with van der Waals surface area (Å²) < 4.78 is 0. The Labute approximate surface area is 114 Å². The second-order valence-electron chi connectivity index (χ2n) is 6.21. The number of nitrogens with zero attached hydrogens (tertiary/aromatic N) is 2. The number of amides is 1. The highest BCUT2D eigenvalue weighted by atomic mass is 16.1. The Kier molecular flexibility index (Phi) is 3.44. The van der Waals surface area contributed by atoms with Gasteiger partial charge in [0, 0.05) is 44.6 Å². The molecule has 3 rings (SSSR count). The first-order valence-corrected chi connectivity index (χ1v) is 7.30. The summed E-state index contributed by atoms with van der Waals surface area (Å²) in [5.74, 6) is 1.42. The Bertz CT molecular complexity index is 396. The van der Waals surface area contributed by atoms with Gasteiger partial charge >= 0.3 is 0 Å². The van der Waals surface area contributed by atoms with Crippen LogP contribution in [0.3, 0.4) is 0 Å². The Balaban J connectivity index is 1.85. The molecule has 0 N–H and O–H groups in total. The van der Waals surface area contributed by atoms with E-state index in [2.05, 4.69) is 11.5 Å². The molecule has 0 aromatic rings. The minimum atomic E-state index is 0.241. The van der Waals surface area contributed by atoms with Crippen LogP contribution in [0.15, 0.2) is 12.7 Å². The molecule has 3 saturated heterocycles. The Morgan fingerprint density at radius 3 is 2.95 bits per heavy atom. The molecule has 0 saturated carbocycles. The number of hydrogen-bond acceptors (Lipinski definition) is 3. The van der Waals surface area contributed by atoms with Gasteiger partial charge in [-0.2, -0.15) is 0 Å². The van der Waals surface area contributed by atoms with Gasteiger partial charge in [0.05, 0.1) is 0 Å². The van der Waals surface area contributed by atoms with Crippen molar-refractivity contribution in [3.05, 3.63) is 12.7 Å². The molecule has 2 bridgehead atoms. The van der Waals surface area contributed by atoms with E-state index >= 15 is 0 Å². The maximum absolute atomic E-state index is 11.8. The summed E-state index contributed by atoms with van der Waals surface area (Å²) in [6.45, 7) is 6.67. The number of likely N-dealkylation sites (tertiary alicyclic amines) is 1. The molecule has 2 unspecified atom stereocenters. The molecule has 104 valence electrons. The van der Waals surface area contributed by atoms with E-state index in [9.17, 15) is 9.59 Å². The summed E-state index contributed by atoms with van der Waals surface area (Å²) in [5, 5.41) is 0. The summed E-state index contributed by atoms with van der Waals surface area (Å²) in [4.78, 5) is 27.5. The average Bonchev–Trinajstić information content (AvgIpc) is 2.42. The number of carbonyl (C=O) groups excluding carboxylic acids is 2. The van der Waals surface area contributed by atoms with Gasteiger partial charge < -0.3 is 4.90 Å². The van der Waals surface area contributed by atoms with Crippen molar-refractivity contribution in [3.8, 4) is 0 Å². The molecule has 0 aliphatic carbocycles. The van der Waals surface area contributed by atoms with Gasteiger partial charge in [0.15, 0.2) is 0 Å². The molecule has 4 nitrogen and oxygen atoms in total. The van der Waals surface area contributed by atoms with Gasteiger partial charge in [-0.25, -0.2) is 0 Å². The first-order chi connectivity index (χ1) is 9.22. The predicted octanol–water partition coefficient (Wildman–Crippen LogP) is 1.07. The summed E-state index contributed by atoms with van der Waals surface area (Å²) in [7, 11) is 0. The van der Waals surface area contributed by atoms with Gasteiger partial charge in [0.25, 0.3) is 0 Å². The smallest absolute Gasteiger partial charge is 0.209 e. The topological polar surface area (TPSA) is 40.6 Å². The minimum Gasteiger partial charge on any atom is -0.341 e. The molecule has 19 heavy (non-hydrogen) atoms. The van der Waals surface area contributed by atoms with Crippen molar-refractivity contribution in [1.82, 2.24) is 9.80 Å². The molecule has 4 heteroatoms. The summed E-state index contributed by atoms with van der Waals surface area (Å²) in [6.07, 6.45) is 6.29. The molecule has 0 aromatic heterocycles. The first-order valence-electron chi connectivity index (χ1n) is 7.30. The summed E-state index contributed by atoms with van der Waals surface area (Å²) in [5.41, 5.74) is 0. The second-order valence-corrected chi connectivity index (χ2v) is 6.21. The van der Waals surface area contributed by atoms with Crippen molar-refractivity contribution in [3.63, 3.8) is 0 Å². The Morgan fingerprint density at radius 2 is 2.21 bits per heavy atom. The van der Waals surface area contributed by atoms with E-state index in [0.717, 1.165) is 38.9 Å². The van der Waals surface area contributed by atoms with Gasteiger partial charge in [-0.05, 0) is 24.7 Å². The van der Waals surface area contributed by atoms with E-state index < -0.39 is 0 Å².